The van der Waals surface area contributed by atoms with Gasteiger partial charge in [0.05, 0.1) is 5.56 Å². The number of H-pyrrole nitrogens is 1. The molecule has 1 aromatic rings. The second-order valence-electron chi connectivity index (χ2n) is 5.05. The average molecular weight is 260 g/mol. The van der Waals surface area contributed by atoms with Crippen molar-refractivity contribution in [2.45, 2.75) is 20.8 Å². The molecular formula is C12H22ClN3O. The molecule has 5 heteroatoms. The van der Waals surface area contributed by atoms with Gasteiger partial charge in [-0.05, 0) is 24.9 Å². The van der Waals surface area contributed by atoms with E-state index in [0.29, 0.717) is 13.1 Å². The SMILES string of the molecule is Cc1[nH]ccc1C(=O)N(C)CC(C)(C)CN.Cl. The smallest absolute Gasteiger partial charge is 0.255 e. The first-order valence-electron chi connectivity index (χ1n) is 5.47. The van der Waals surface area contributed by atoms with Crippen molar-refractivity contribution < 1.29 is 4.79 Å². The highest BCUT2D eigenvalue weighted by atomic mass is 35.5. The van der Waals surface area contributed by atoms with Crippen molar-refractivity contribution in [1.82, 2.24) is 9.88 Å². The molecule has 1 aromatic heterocycles. The predicted molar refractivity (Wildman–Crippen MR) is 72.6 cm³/mol. The fourth-order valence-electron chi connectivity index (χ4n) is 1.67. The van der Waals surface area contributed by atoms with E-state index in [2.05, 4.69) is 18.8 Å². The van der Waals surface area contributed by atoms with Crippen LogP contribution >= 0.6 is 12.4 Å². The summed E-state index contributed by atoms with van der Waals surface area (Å²) >= 11 is 0. The fraction of sp³-hybridized carbons (Fsp3) is 0.583. The van der Waals surface area contributed by atoms with Crippen molar-refractivity contribution in [3.63, 3.8) is 0 Å². The summed E-state index contributed by atoms with van der Waals surface area (Å²) in [7, 11) is 1.81. The molecule has 0 saturated carbocycles. The molecule has 1 heterocycles. The number of amides is 1. The van der Waals surface area contributed by atoms with Gasteiger partial charge in [-0.25, -0.2) is 0 Å². The molecule has 0 aliphatic heterocycles. The maximum atomic E-state index is 12.1. The molecule has 0 saturated heterocycles. The van der Waals surface area contributed by atoms with Crippen LogP contribution in [0.5, 0.6) is 0 Å². The number of halogens is 1. The van der Waals surface area contributed by atoms with Gasteiger partial charge in [-0.3, -0.25) is 4.79 Å². The minimum atomic E-state index is -0.0470. The first kappa shape index (κ1) is 16.0. The lowest BCUT2D eigenvalue weighted by Crippen LogP contribution is -2.39. The Morgan fingerprint density at radius 3 is 2.53 bits per heavy atom. The normalized spacial score (nSPS) is 10.9. The van der Waals surface area contributed by atoms with E-state index in [1.807, 2.05) is 20.0 Å². The van der Waals surface area contributed by atoms with Gasteiger partial charge in [-0.1, -0.05) is 13.8 Å². The third-order valence-electron chi connectivity index (χ3n) is 2.75. The lowest BCUT2D eigenvalue weighted by Gasteiger charge is -2.29. The number of carbonyl (C=O) groups is 1. The topological polar surface area (TPSA) is 62.1 Å². The number of nitrogens with zero attached hydrogens (tertiary/aromatic N) is 1. The van der Waals surface area contributed by atoms with Crippen LogP contribution in [0.2, 0.25) is 0 Å². The van der Waals surface area contributed by atoms with Crippen molar-refractivity contribution in [2.75, 3.05) is 20.1 Å². The van der Waals surface area contributed by atoms with Crippen LogP contribution in [0.25, 0.3) is 0 Å². The van der Waals surface area contributed by atoms with Crippen LogP contribution in [0.4, 0.5) is 0 Å². The molecule has 4 nitrogen and oxygen atoms in total. The maximum absolute atomic E-state index is 12.1. The van der Waals surface area contributed by atoms with E-state index >= 15 is 0 Å². The van der Waals surface area contributed by atoms with Crippen molar-refractivity contribution in [2.24, 2.45) is 11.1 Å². The molecule has 0 aromatic carbocycles. The molecule has 0 aliphatic rings. The molecule has 0 spiro atoms. The monoisotopic (exact) mass is 259 g/mol. The molecule has 98 valence electrons. The number of rotatable bonds is 4. The van der Waals surface area contributed by atoms with Crippen molar-refractivity contribution >= 4 is 18.3 Å². The van der Waals surface area contributed by atoms with E-state index in [1.54, 1.807) is 11.1 Å². The Kier molecular flexibility index (Phi) is 5.72. The summed E-state index contributed by atoms with van der Waals surface area (Å²) in [5.41, 5.74) is 7.25. The minimum Gasteiger partial charge on any atom is -0.365 e. The van der Waals surface area contributed by atoms with Crippen LogP contribution in [-0.4, -0.2) is 35.9 Å². The number of aromatic amines is 1. The molecule has 0 radical (unpaired) electrons. The molecule has 0 atom stereocenters. The van der Waals surface area contributed by atoms with Crippen LogP contribution < -0.4 is 5.73 Å². The Balaban J connectivity index is 0.00000256. The molecule has 1 rings (SSSR count). The molecule has 1 amide bonds. The second-order valence-corrected chi connectivity index (χ2v) is 5.05. The zero-order valence-corrected chi connectivity index (χ0v) is 11.7. The van der Waals surface area contributed by atoms with Crippen molar-refractivity contribution in [3.05, 3.63) is 23.5 Å². The maximum Gasteiger partial charge on any atom is 0.255 e. The summed E-state index contributed by atoms with van der Waals surface area (Å²) in [6, 6.07) is 1.81. The van der Waals surface area contributed by atoms with Gasteiger partial charge in [0.1, 0.15) is 0 Å². The zero-order chi connectivity index (χ0) is 12.3. The Morgan fingerprint density at radius 1 is 1.53 bits per heavy atom. The summed E-state index contributed by atoms with van der Waals surface area (Å²) in [5.74, 6) is 0.0419. The number of hydrogen-bond acceptors (Lipinski definition) is 2. The lowest BCUT2D eigenvalue weighted by molar-refractivity contribution is 0.0740. The van der Waals surface area contributed by atoms with Gasteiger partial charge in [0, 0.05) is 25.5 Å². The van der Waals surface area contributed by atoms with E-state index in [0.717, 1.165) is 11.3 Å². The van der Waals surface area contributed by atoms with Crippen LogP contribution in [0, 0.1) is 12.3 Å². The van der Waals surface area contributed by atoms with Gasteiger partial charge >= 0.3 is 0 Å². The fourth-order valence-corrected chi connectivity index (χ4v) is 1.67. The van der Waals surface area contributed by atoms with E-state index in [1.165, 1.54) is 0 Å². The Hall–Kier alpha value is -1.00. The zero-order valence-electron chi connectivity index (χ0n) is 10.9. The van der Waals surface area contributed by atoms with Crippen molar-refractivity contribution in [1.29, 1.82) is 0 Å². The molecule has 0 aliphatic carbocycles. The Labute approximate surface area is 109 Å². The minimum absolute atomic E-state index is 0. The van der Waals surface area contributed by atoms with Gasteiger partial charge in [0.2, 0.25) is 0 Å². The first-order valence-corrected chi connectivity index (χ1v) is 5.47. The molecule has 3 N–H and O–H groups in total. The molecular weight excluding hydrogens is 238 g/mol. The Morgan fingerprint density at radius 2 is 2.12 bits per heavy atom. The highest BCUT2D eigenvalue weighted by Gasteiger charge is 2.22. The quantitative estimate of drug-likeness (QED) is 0.866. The van der Waals surface area contributed by atoms with E-state index in [4.69, 9.17) is 5.73 Å². The van der Waals surface area contributed by atoms with Crippen LogP contribution in [0.1, 0.15) is 29.9 Å². The summed E-state index contributed by atoms with van der Waals surface area (Å²) in [6.45, 7) is 7.24. The summed E-state index contributed by atoms with van der Waals surface area (Å²) in [6.07, 6.45) is 1.78. The molecule has 0 unspecified atom stereocenters. The van der Waals surface area contributed by atoms with Gasteiger partial charge in [-0.2, -0.15) is 0 Å². The average Bonchev–Trinajstić information content (AvgIpc) is 2.62. The van der Waals surface area contributed by atoms with Crippen LogP contribution in [-0.2, 0) is 0 Å². The number of aromatic nitrogens is 1. The lowest BCUT2D eigenvalue weighted by atomic mass is 9.93. The Bertz CT molecular complexity index is 374. The van der Waals surface area contributed by atoms with Crippen LogP contribution in [0.3, 0.4) is 0 Å². The summed E-state index contributed by atoms with van der Waals surface area (Å²) in [5, 5.41) is 0. The third-order valence-corrected chi connectivity index (χ3v) is 2.75. The number of hydrogen-bond donors (Lipinski definition) is 2. The number of aryl methyl sites for hydroxylation is 1. The van der Waals surface area contributed by atoms with Crippen LogP contribution in [0.15, 0.2) is 12.3 Å². The van der Waals surface area contributed by atoms with Gasteiger partial charge in [0.25, 0.3) is 5.91 Å². The number of carbonyl (C=O) groups excluding carboxylic acids is 1. The van der Waals surface area contributed by atoms with E-state index < -0.39 is 0 Å². The number of nitrogens with two attached hydrogens (primary N) is 1. The first-order chi connectivity index (χ1) is 7.37. The van der Waals surface area contributed by atoms with Gasteiger partial charge in [0.15, 0.2) is 0 Å². The summed E-state index contributed by atoms with van der Waals surface area (Å²) in [4.78, 5) is 16.8. The molecule has 0 bridgehead atoms. The van der Waals surface area contributed by atoms with Gasteiger partial charge in [-0.15, -0.1) is 12.4 Å². The van der Waals surface area contributed by atoms with E-state index in [-0.39, 0.29) is 23.7 Å². The molecule has 17 heavy (non-hydrogen) atoms. The van der Waals surface area contributed by atoms with E-state index in [9.17, 15) is 4.79 Å². The highest BCUT2D eigenvalue weighted by Crippen LogP contribution is 2.16. The number of nitrogens with one attached hydrogen (secondary N) is 1. The van der Waals surface area contributed by atoms with Gasteiger partial charge < -0.3 is 15.6 Å². The predicted octanol–water partition coefficient (Wildman–Crippen LogP) is 1.80. The highest BCUT2D eigenvalue weighted by molar-refractivity contribution is 5.95. The molecule has 0 fully saturated rings. The second kappa shape index (κ2) is 6.07. The third kappa shape index (κ3) is 4.06. The largest absolute Gasteiger partial charge is 0.365 e. The van der Waals surface area contributed by atoms with Crippen molar-refractivity contribution in [3.8, 4) is 0 Å². The standard InChI is InChI=1S/C12H21N3O.ClH/c1-9-10(5-6-14-9)11(16)15(4)8-12(2,3)7-13;/h5-6,14H,7-8,13H2,1-4H3;1H. The summed E-state index contributed by atoms with van der Waals surface area (Å²) < 4.78 is 0.